The van der Waals surface area contributed by atoms with Gasteiger partial charge in [-0.3, -0.25) is 0 Å². The minimum Gasteiger partial charge on any atom is -0.477 e. The van der Waals surface area contributed by atoms with E-state index in [0.717, 1.165) is 6.26 Å². The van der Waals surface area contributed by atoms with Crippen LogP contribution in [0.1, 0.15) is 16.1 Å². The molecule has 5 heteroatoms. The van der Waals surface area contributed by atoms with Crippen LogP contribution in [0.25, 0.3) is 0 Å². The standard InChI is InChI=1S/C6H4N2O3/c7-1-4-5(8)3(2-11-4)6(9)10/h2H,8H2,(H,9,10). The second kappa shape index (κ2) is 2.34. The van der Waals surface area contributed by atoms with Gasteiger partial charge in [0.1, 0.15) is 23.6 Å². The molecule has 5 nitrogen and oxygen atoms in total. The van der Waals surface area contributed by atoms with Crippen LogP contribution in [-0.4, -0.2) is 11.1 Å². The fraction of sp³-hybridized carbons (Fsp3) is 0. The largest absolute Gasteiger partial charge is 0.477 e. The molecule has 3 N–H and O–H groups in total. The van der Waals surface area contributed by atoms with Gasteiger partial charge in [-0.25, -0.2) is 4.79 Å². The second-order valence-corrected chi connectivity index (χ2v) is 1.81. The Hall–Kier alpha value is -1.96. The third kappa shape index (κ3) is 1.01. The van der Waals surface area contributed by atoms with Gasteiger partial charge in [0.2, 0.25) is 5.76 Å². The molecule has 0 fully saturated rings. The minimum absolute atomic E-state index is 0.125. The van der Waals surface area contributed by atoms with Crippen LogP contribution in [0.15, 0.2) is 10.7 Å². The summed E-state index contributed by atoms with van der Waals surface area (Å²) in [5, 5.41) is 16.7. The summed E-state index contributed by atoms with van der Waals surface area (Å²) in [6.07, 6.45) is 0.941. The fourth-order valence-corrected chi connectivity index (χ4v) is 0.619. The molecule has 0 aliphatic carbocycles. The van der Waals surface area contributed by atoms with Crippen molar-refractivity contribution in [1.82, 2.24) is 0 Å². The van der Waals surface area contributed by atoms with Crippen LogP contribution < -0.4 is 5.73 Å². The van der Waals surface area contributed by atoms with Crippen molar-refractivity contribution in [3.05, 3.63) is 17.6 Å². The molecular formula is C6H4N2O3. The number of furan rings is 1. The number of rotatable bonds is 1. The van der Waals surface area contributed by atoms with Gasteiger partial charge in [0.25, 0.3) is 0 Å². The molecule has 1 rings (SSSR count). The van der Waals surface area contributed by atoms with Crippen molar-refractivity contribution >= 4 is 11.7 Å². The number of aromatic carboxylic acids is 1. The smallest absolute Gasteiger partial charge is 0.341 e. The Morgan fingerprint density at radius 3 is 2.73 bits per heavy atom. The first-order valence-electron chi connectivity index (χ1n) is 2.67. The molecular weight excluding hydrogens is 148 g/mol. The number of carboxylic acid groups (broad SMARTS) is 1. The number of hydrogen-bond donors (Lipinski definition) is 2. The number of nitrogens with zero attached hydrogens (tertiary/aromatic N) is 1. The molecule has 1 aromatic heterocycles. The van der Waals surface area contributed by atoms with Gasteiger partial charge in [0, 0.05) is 0 Å². The van der Waals surface area contributed by atoms with Gasteiger partial charge in [-0.1, -0.05) is 0 Å². The van der Waals surface area contributed by atoms with Crippen LogP contribution in [-0.2, 0) is 0 Å². The number of anilines is 1. The summed E-state index contributed by atoms with van der Waals surface area (Å²) in [5.74, 6) is -1.37. The molecule has 1 heterocycles. The molecule has 0 aliphatic heterocycles. The zero-order valence-electron chi connectivity index (χ0n) is 5.37. The van der Waals surface area contributed by atoms with Crippen molar-refractivity contribution in [2.45, 2.75) is 0 Å². The predicted molar refractivity (Wildman–Crippen MR) is 34.8 cm³/mol. The van der Waals surface area contributed by atoms with Gasteiger partial charge in [-0.15, -0.1) is 0 Å². The monoisotopic (exact) mass is 152 g/mol. The molecule has 56 valence electrons. The highest BCUT2D eigenvalue weighted by Gasteiger charge is 2.15. The molecule has 0 amide bonds. The zero-order valence-corrected chi connectivity index (χ0v) is 5.37. The molecule has 11 heavy (non-hydrogen) atoms. The summed E-state index contributed by atoms with van der Waals surface area (Å²) >= 11 is 0. The summed E-state index contributed by atoms with van der Waals surface area (Å²) in [7, 11) is 0. The van der Waals surface area contributed by atoms with Crippen LogP contribution in [0.3, 0.4) is 0 Å². The van der Waals surface area contributed by atoms with E-state index in [9.17, 15) is 4.79 Å². The molecule has 0 unspecified atom stereocenters. The molecule has 0 spiro atoms. The number of hydrogen-bond acceptors (Lipinski definition) is 4. The lowest BCUT2D eigenvalue weighted by Crippen LogP contribution is -1.99. The first-order valence-corrected chi connectivity index (χ1v) is 2.67. The van der Waals surface area contributed by atoms with Gasteiger partial charge in [-0.2, -0.15) is 5.26 Å². The van der Waals surface area contributed by atoms with E-state index < -0.39 is 5.97 Å². The maximum absolute atomic E-state index is 10.3. The van der Waals surface area contributed by atoms with Crippen LogP contribution in [0, 0.1) is 11.3 Å². The third-order valence-electron chi connectivity index (χ3n) is 1.16. The highest BCUT2D eigenvalue weighted by molar-refractivity contribution is 5.94. The van der Waals surface area contributed by atoms with E-state index in [-0.39, 0.29) is 17.0 Å². The lowest BCUT2D eigenvalue weighted by molar-refractivity contribution is 0.0697. The van der Waals surface area contributed by atoms with E-state index in [1.807, 2.05) is 0 Å². The normalized spacial score (nSPS) is 9.00. The molecule has 0 radical (unpaired) electrons. The number of carboxylic acids is 1. The number of nitriles is 1. The van der Waals surface area contributed by atoms with Crippen molar-refractivity contribution in [2.24, 2.45) is 0 Å². The number of nitrogens with two attached hydrogens (primary N) is 1. The van der Waals surface area contributed by atoms with Crippen molar-refractivity contribution in [3.63, 3.8) is 0 Å². The molecule has 0 saturated carbocycles. The Kier molecular flexibility index (Phi) is 1.52. The topological polar surface area (TPSA) is 100 Å². The van der Waals surface area contributed by atoms with Crippen molar-refractivity contribution in [3.8, 4) is 6.07 Å². The molecule has 0 bridgehead atoms. The van der Waals surface area contributed by atoms with E-state index in [2.05, 4.69) is 4.42 Å². The first-order chi connectivity index (χ1) is 5.16. The van der Waals surface area contributed by atoms with E-state index in [1.54, 1.807) is 6.07 Å². The predicted octanol–water partition coefficient (Wildman–Crippen LogP) is 0.432. The summed E-state index contributed by atoms with van der Waals surface area (Å²) in [6, 6.07) is 1.62. The van der Waals surface area contributed by atoms with Crippen LogP contribution in [0.2, 0.25) is 0 Å². The van der Waals surface area contributed by atoms with Gasteiger partial charge >= 0.3 is 5.97 Å². The van der Waals surface area contributed by atoms with Gasteiger partial charge in [-0.05, 0) is 0 Å². The lowest BCUT2D eigenvalue weighted by atomic mass is 10.2. The molecule has 0 aliphatic rings. The van der Waals surface area contributed by atoms with Crippen molar-refractivity contribution in [1.29, 1.82) is 5.26 Å². The fourth-order valence-electron chi connectivity index (χ4n) is 0.619. The average molecular weight is 152 g/mol. The zero-order chi connectivity index (χ0) is 8.43. The Morgan fingerprint density at radius 2 is 2.45 bits per heavy atom. The highest BCUT2D eigenvalue weighted by Crippen LogP contribution is 2.18. The number of carbonyl (C=O) groups is 1. The Morgan fingerprint density at radius 1 is 1.82 bits per heavy atom. The second-order valence-electron chi connectivity index (χ2n) is 1.81. The highest BCUT2D eigenvalue weighted by atomic mass is 16.4. The third-order valence-corrected chi connectivity index (χ3v) is 1.16. The van der Waals surface area contributed by atoms with E-state index >= 15 is 0 Å². The maximum atomic E-state index is 10.3. The summed E-state index contributed by atoms with van der Waals surface area (Å²) in [6.45, 7) is 0. The SMILES string of the molecule is N#Cc1occ(C(=O)O)c1N. The minimum atomic E-state index is -1.20. The maximum Gasteiger partial charge on any atom is 0.341 e. The summed E-state index contributed by atoms with van der Waals surface area (Å²) < 4.78 is 4.54. The summed E-state index contributed by atoms with van der Waals surface area (Å²) in [4.78, 5) is 10.3. The van der Waals surface area contributed by atoms with E-state index in [4.69, 9.17) is 16.1 Å². The Bertz CT molecular complexity index is 334. The van der Waals surface area contributed by atoms with E-state index in [0.29, 0.717) is 0 Å². The molecule has 0 atom stereocenters. The Balaban J connectivity index is 3.24. The van der Waals surface area contributed by atoms with Crippen LogP contribution >= 0.6 is 0 Å². The summed E-state index contributed by atoms with van der Waals surface area (Å²) in [5.41, 5.74) is 4.91. The lowest BCUT2D eigenvalue weighted by Gasteiger charge is -1.86. The van der Waals surface area contributed by atoms with Crippen molar-refractivity contribution < 1.29 is 14.3 Å². The average Bonchev–Trinajstić information content (AvgIpc) is 2.30. The van der Waals surface area contributed by atoms with E-state index in [1.165, 1.54) is 0 Å². The van der Waals surface area contributed by atoms with Crippen molar-refractivity contribution in [2.75, 3.05) is 5.73 Å². The molecule has 0 aromatic carbocycles. The molecule has 0 saturated heterocycles. The number of nitrogen functional groups attached to an aromatic ring is 1. The quantitative estimate of drug-likeness (QED) is 0.607. The Labute approximate surface area is 61.6 Å². The van der Waals surface area contributed by atoms with Gasteiger partial charge in [0.15, 0.2) is 0 Å². The van der Waals surface area contributed by atoms with Gasteiger partial charge in [0.05, 0.1) is 0 Å². The van der Waals surface area contributed by atoms with Crippen LogP contribution in [0.5, 0.6) is 0 Å². The molecule has 1 aromatic rings. The first kappa shape index (κ1) is 7.15. The van der Waals surface area contributed by atoms with Crippen LogP contribution in [0.4, 0.5) is 5.69 Å². The van der Waals surface area contributed by atoms with Gasteiger partial charge < -0.3 is 15.3 Å².